The third-order valence-corrected chi connectivity index (χ3v) is 4.23. The molecule has 0 saturated heterocycles. The highest BCUT2D eigenvalue weighted by Gasteiger charge is 2.20. The molecular formula is C12H13BrN2OS. The van der Waals surface area contributed by atoms with Crippen molar-refractivity contribution in [2.75, 3.05) is 0 Å². The van der Waals surface area contributed by atoms with Crippen LogP contribution in [0.15, 0.2) is 22.1 Å². The van der Waals surface area contributed by atoms with Gasteiger partial charge < -0.3 is 0 Å². The fraction of sp³-hybridized carbons (Fsp3) is 0.333. The van der Waals surface area contributed by atoms with E-state index in [-0.39, 0.29) is 5.54 Å². The normalized spacial score (nSPS) is 11.8. The number of rotatable bonds is 2. The molecule has 0 amide bonds. The first-order chi connectivity index (χ1) is 7.93. The van der Waals surface area contributed by atoms with Crippen molar-refractivity contribution in [3.8, 4) is 10.6 Å². The largest absolute Gasteiger partial charge is 0.298 e. The van der Waals surface area contributed by atoms with Gasteiger partial charge in [-0.15, -0.1) is 11.3 Å². The predicted molar refractivity (Wildman–Crippen MR) is 73.6 cm³/mol. The lowest BCUT2D eigenvalue weighted by molar-refractivity contribution is 0.112. The number of thiophene rings is 1. The van der Waals surface area contributed by atoms with E-state index in [0.717, 1.165) is 21.3 Å². The molecule has 0 aromatic carbocycles. The SMILES string of the molecule is CC(C)(C)n1cc(C=O)c(-c2sccc2Br)n1. The van der Waals surface area contributed by atoms with Crippen LogP contribution < -0.4 is 0 Å². The minimum Gasteiger partial charge on any atom is -0.298 e. The molecule has 2 heterocycles. The fourth-order valence-corrected chi connectivity index (χ4v) is 3.02. The highest BCUT2D eigenvalue weighted by Crippen LogP contribution is 2.34. The summed E-state index contributed by atoms with van der Waals surface area (Å²) in [5, 5.41) is 6.50. The lowest BCUT2D eigenvalue weighted by Crippen LogP contribution is -2.22. The van der Waals surface area contributed by atoms with Crippen LogP contribution in [0.1, 0.15) is 31.1 Å². The number of nitrogens with zero attached hydrogens (tertiary/aromatic N) is 2. The Balaban J connectivity index is 2.59. The average molecular weight is 313 g/mol. The first-order valence-electron chi connectivity index (χ1n) is 5.22. The number of hydrogen-bond donors (Lipinski definition) is 0. The van der Waals surface area contributed by atoms with Gasteiger partial charge in [-0.05, 0) is 48.1 Å². The second-order valence-corrected chi connectivity index (χ2v) is 6.53. The quantitative estimate of drug-likeness (QED) is 0.787. The number of carbonyl (C=O) groups excluding carboxylic acids is 1. The third-order valence-electron chi connectivity index (χ3n) is 2.39. The second-order valence-electron chi connectivity index (χ2n) is 4.76. The van der Waals surface area contributed by atoms with Crippen LogP contribution in [0.4, 0.5) is 0 Å². The topological polar surface area (TPSA) is 34.9 Å². The highest BCUT2D eigenvalue weighted by molar-refractivity contribution is 9.10. The fourth-order valence-electron chi connectivity index (χ4n) is 1.46. The Kier molecular flexibility index (Phi) is 3.23. The van der Waals surface area contributed by atoms with E-state index in [1.54, 1.807) is 17.5 Å². The lowest BCUT2D eigenvalue weighted by atomic mass is 10.1. The molecule has 0 bridgehead atoms. The standard InChI is InChI=1S/C12H13BrN2OS/c1-12(2,3)15-6-8(7-16)10(14-15)11-9(13)4-5-17-11/h4-7H,1-3H3. The van der Waals surface area contributed by atoms with Crippen LogP contribution in [0.2, 0.25) is 0 Å². The predicted octanol–water partition coefficient (Wildman–Crippen LogP) is 3.94. The third kappa shape index (κ3) is 2.35. The van der Waals surface area contributed by atoms with E-state index in [1.807, 2.05) is 16.1 Å². The molecule has 0 atom stereocenters. The van der Waals surface area contributed by atoms with E-state index in [9.17, 15) is 4.79 Å². The van der Waals surface area contributed by atoms with E-state index in [4.69, 9.17) is 0 Å². The zero-order chi connectivity index (χ0) is 12.6. The molecule has 90 valence electrons. The summed E-state index contributed by atoms with van der Waals surface area (Å²) >= 11 is 5.05. The van der Waals surface area contributed by atoms with Crippen molar-refractivity contribution < 1.29 is 4.79 Å². The molecule has 0 unspecified atom stereocenters. The Morgan fingerprint density at radius 3 is 2.65 bits per heavy atom. The summed E-state index contributed by atoms with van der Waals surface area (Å²) in [6, 6.07) is 1.96. The van der Waals surface area contributed by atoms with Crippen molar-refractivity contribution in [3.05, 3.63) is 27.7 Å². The van der Waals surface area contributed by atoms with Gasteiger partial charge >= 0.3 is 0 Å². The number of aromatic nitrogens is 2. The van der Waals surface area contributed by atoms with Crippen molar-refractivity contribution in [1.29, 1.82) is 0 Å². The van der Waals surface area contributed by atoms with Crippen molar-refractivity contribution in [2.45, 2.75) is 26.3 Å². The maximum Gasteiger partial charge on any atom is 0.153 e. The van der Waals surface area contributed by atoms with Crippen LogP contribution in [-0.2, 0) is 5.54 Å². The molecule has 2 aromatic rings. The molecule has 5 heteroatoms. The van der Waals surface area contributed by atoms with Gasteiger partial charge in [0.05, 0.1) is 16.0 Å². The molecule has 0 N–H and O–H groups in total. The summed E-state index contributed by atoms with van der Waals surface area (Å²) in [6.07, 6.45) is 2.66. The molecule has 0 aliphatic carbocycles. The molecule has 3 nitrogen and oxygen atoms in total. The Labute approximate surface area is 113 Å². The monoisotopic (exact) mass is 312 g/mol. The van der Waals surface area contributed by atoms with E-state index in [1.165, 1.54) is 0 Å². The van der Waals surface area contributed by atoms with Crippen LogP contribution in [0.25, 0.3) is 10.6 Å². The van der Waals surface area contributed by atoms with Gasteiger partial charge in [0.15, 0.2) is 6.29 Å². The molecule has 17 heavy (non-hydrogen) atoms. The molecule has 0 aliphatic heterocycles. The summed E-state index contributed by atoms with van der Waals surface area (Å²) < 4.78 is 2.81. The van der Waals surface area contributed by atoms with E-state index < -0.39 is 0 Å². The molecular weight excluding hydrogens is 300 g/mol. The van der Waals surface area contributed by atoms with Gasteiger partial charge in [0.25, 0.3) is 0 Å². The first kappa shape index (κ1) is 12.5. The van der Waals surface area contributed by atoms with Crippen molar-refractivity contribution >= 4 is 33.6 Å². The molecule has 0 saturated carbocycles. The van der Waals surface area contributed by atoms with Gasteiger partial charge in [-0.3, -0.25) is 9.48 Å². The Hall–Kier alpha value is -0.940. The van der Waals surface area contributed by atoms with Crippen molar-refractivity contribution in [1.82, 2.24) is 9.78 Å². The van der Waals surface area contributed by atoms with Gasteiger partial charge in [0.2, 0.25) is 0 Å². The Bertz CT molecular complexity index is 551. The Morgan fingerprint density at radius 2 is 2.18 bits per heavy atom. The number of hydrogen-bond acceptors (Lipinski definition) is 3. The van der Waals surface area contributed by atoms with Crippen molar-refractivity contribution in [3.63, 3.8) is 0 Å². The Morgan fingerprint density at radius 1 is 1.47 bits per heavy atom. The molecule has 0 aliphatic rings. The molecule has 0 radical (unpaired) electrons. The number of halogens is 1. The van der Waals surface area contributed by atoms with Gasteiger partial charge in [0.1, 0.15) is 5.69 Å². The van der Waals surface area contributed by atoms with Crippen molar-refractivity contribution in [2.24, 2.45) is 0 Å². The lowest BCUT2D eigenvalue weighted by Gasteiger charge is -2.18. The number of aldehydes is 1. The number of carbonyl (C=O) groups is 1. The zero-order valence-corrected chi connectivity index (χ0v) is 12.3. The van der Waals surface area contributed by atoms with Crippen LogP contribution in [0.5, 0.6) is 0 Å². The first-order valence-corrected chi connectivity index (χ1v) is 6.89. The summed E-state index contributed by atoms with van der Waals surface area (Å²) in [5.74, 6) is 0. The highest BCUT2D eigenvalue weighted by atomic mass is 79.9. The van der Waals surface area contributed by atoms with E-state index >= 15 is 0 Å². The van der Waals surface area contributed by atoms with Gasteiger partial charge in [-0.2, -0.15) is 5.10 Å². The average Bonchev–Trinajstić information content (AvgIpc) is 2.81. The molecule has 2 aromatic heterocycles. The molecule has 0 spiro atoms. The maximum atomic E-state index is 11.1. The minimum absolute atomic E-state index is 0.125. The summed E-state index contributed by atoms with van der Waals surface area (Å²) in [4.78, 5) is 12.1. The summed E-state index contributed by atoms with van der Waals surface area (Å²) in [6.45, 7) is 6.17. The van der Waals surface area contributed by atoms with E-state index in [0.29, 0.717) is 5.56 Å². The van der Waals surface area contributed by atoms with Gasteiger partial charge in [0, 0.05) is 10.7 Å². The van der Waals surface area contributed by atoms with Crippen LogP contribution in [0.3, 0.4) is 0 Å². The summed E-state index contributed by atoms with van der Waals surface area (Å²) in [5.41, 5.74) is 1.25. The van der Waals surface area contributed by atoms with Gasteiger partial charge in [-0.25, -0.2) is 0 Å². The zero-order valence-electron chi connectivity index (χ0n) is 9.90. The van der Waals surface area contributed by atoms with E-state index in [2.05, 4.69) is 41.8 Å². The van der Waals surface area contributed by atoms with Crippen LogP contribution in [-0.4, -0.2) is 16.1 Å². The summed E-state index contributed by atoms with van der Waals surface area (Å²) in [7, 11) is 0. The smallest absolute Gasteiger partial charge is 0.153 e. The van der Waals surface area contributed by atoms with Gasteiger partial charge in [-0.1, -0.05) is 0 Å². The maximum absolute atomic E-state index is 11.1. The van der Waals surface area contributed by atoms with Crippen LogP contribution >= 0.6 is 27.3 Å². The van der Waals surface area contributed by atoms with Crippen LogP contribution in [0, 0.1) is 0 Å². The molecule has 0 fully saturated rings. The minimum atomic E-state index is -0.125. The second kappa shape index (κ2) is 4.38. The molecule has 2 rings (SSSR count).